The van der Waals surface area contributed by atoms with E-state index in [2.05, 4.69) is 103 Å². The Morgan fingerprint density at radius 1 is 0.674 bits per heavy atom. The van der Waals surface area contributed by atoms with Crippen LogP contribution in [0.15, 0.2) is 144 Å². The zero-order chi connectivity index (χ0) is 30.9. The van der Waals surface area contributed by atoms with Crippen molar-refractivity contribution in [2.24, 2.45) is 0 Å². The van der Waals surface area contributed by atoms with E-state index < -0.39 is 7.82 Å². The predicted molar refractivity (Wildman–Crippen MR) is 182 cm³/mol. The molecular formula is C41H33O4P. The van der Waals surface area contributed by atoms with E-state index in [1.54, 1.807) is 0 Å². The van der Waals surface area contributed by atoms with Crippen LogP contribution in [0.2, 0.25) is 0 Å². The van der Waals surface area contributed by atoms with Gasteiger partial charge in [-0.25, -0.2) is 4.57 Å². The molecule has 46 heavy (non-hydrogen) atoms. The number of hydrogen-bond donors (Lipinski definition) is 1. The SMILES string of the molecule is O=P1(O)OC2=C3C(=CCC2)C(c2ccc(-c4ccccc4)cc2)CC32CCc3c(-c4ccc(-c5ccccc5)cc4)ccc(c32)O1. The summed E-state index contributed by atoms with van der Waals surface area (Å²) in [5.41, 5.74) is 12.6. The Morgan fingerprint density at radius 3 is 1.96 bits per heavy atom. The van der Waals surface area contributed by atoms with Crippen LogP contribution in [0.4, 0.5) is 0 Å². The lowest BCUT2D eigenvalue weighted by atomic mass is 9.73. The lowest BCUT2D eigenvalue weighted by Gasteiger charge is -2.35. The highest BCUT2D eigenvalue weighted by Crippen LogP contribution is 2.68. The normalized spacial score (nSPS) is 24.2. The molecule has 1 saturated carbocycles. The van der Waals surface area contributed by atoms with Crippen molar-refractivity contribution in [1.29, 1.82) is 0 Å². The van der Waals surface area contributed by atoms with E-state index in [0.717, 1.165) is 47.9 Å². The maximum atomic E-state index is 13.4. The van der Waals surface area contributed by atoms with Gasteiger partial charge in [0.2, 0.25) is 0 Å². The highest BCUT2D eigenvalue weighted by molar-refractivity contribution is 7.48. The van der Waals surface area contributed by atoms with Crippen LogP contribution in [0.25, 0.3) is 33.4 Å². The van der Waals surface area contributed by atoms with Gasteiger partial charge in [-0.15, -0.1) is 0 Å². The molecule has 0 aromatic heterocycles. The Kier molecular flexibility index (Phi) is 6.29. The second-order valence-corrected chi connectivity index (χ2v) is 14.2. The fraction of sp³-hybridized carbons (Fsp3) is 0.171. The molecule has 1 N–H and O–H groups in total. The second-order valence-electron chi connectivity index (χ2n) is 12.9. The topological polar surface area (TPSA) is 55.8 Å². The highest BCUT2D eigenvalue weighted by Gasteiger charge is 2.56. The minimum atomic E-state index is -4.37. The maximum absolute atomic E-state index is 13.4. The van der Waals surface area contributed by atoms with Crippen molar-refractivity contribution in [1.82, 2.24) is 0 Å². The predicted octanol–water partition coefficient (Wildman–Crippen LogP) is 10.5. The number of phosphoric acid groups is 1. The summed E-state index contributed by atoms with van der Waals surface area (Å²) >= 11 is 0. The molecule has 4 nitrogen and oxygen atoms in total. The van der Waals surface area contributed by atoms with Crippen molar-refractivity contribution in [3.05, 3.63) is 161 Å². The first kappa shape index (κ1) is 27.7. The van der Waals surface area contributed by atoms with Crippen LogP contribution >= 0.6 is 7.82 Å². The number of allylic oxidation sites excluding steroid dienone is 4. The van der Waals surface area contributed by atoms with Crippen molar-refractivity contribution in [2.75, 3.05) is 0 Å². The van der Waals surface area contributed by atoms with Gasteiger partial charge in [-0.3, -0.25) is 4.89 Å². The van der Waals surface area contributed by atoms with Crippen LogP contribution in [-0.2, 0) is 20.9 Å². The third kappa shape index (κ3) is 4.35. The minimum absolute atomic E-state index is 0.155. The molecule has 3 unspecified atom stereocenters. The summed E-state index contributed by atoms with van der Waals surface area (Å²) < 4.78 is 25.3. The Morgan fingerprint density at radius 2 is 1.28 bits per heavy atom. The zero-order valence-electron chi connectivity index (χ0n) is 25.4. The van der Waals surface area contributed by atoms with Gasteiger partial charge in [0, 0.05) is 28.9 Å². The van der Waals surface area contributed by atoms with Crippen LogP contribution in [-0.4, -0.2) is 4.89 Å². The Labute approximate surface area is 269 Å². The number of benzene rings is 5. The summed E-state index contributed by atoms with van der Waals surface area (Å²) in [6.45, 7) is 0. The minimum Gasteiger partial charge on any atom is -0.399 e. The number of phosphoric ester groups is 1. The first-order chi connectivity index (χ1) is 22.5. The highest BCUT2D eigenvalue weighted by atomic mass is 31.2. The van der Waals surface area contributed by atoms with Crippen molar-refractivity contribution in [3.8, 4) is 39.1 Å². The lowest BCUT2D eigenvalue weighted by Crippen LogP contribution is -2.26. The molecule has 3 aliphatic carbocycles. The van der Waals surface area contributed by atoms with Crippen LogP contribution in [0, 0.1) is 0 Å². The molecule has 226 valence electrons. The molecule has 4 aliphatic rings. The molecule has 1 fully saturated rings. The second kappa shape index (κ2) is 10.5. The molecule has 0 radical (unpaired) electrons. The first-order valence-electron chi connectivity index (χ1n) is 16.1. The van der Waals surface area contributed by atoms with Crippen LogP contribution in [0.5, 0.6) is 5.75 Å². The van der Waals surface area contributed by atoms with E-state index in [1.165, 1.54) is 39.0 Å². The molecule has 0 bridgehead atoms. The van der Waals surface area contributed by atoms with Crippen molar-refractivity contribution < 1.29 is 18.5 Å². The Bertz CT molecular complexity index is 2100. The molecule has 0 amide bonds. The third-order valence-electron chi connectivity index (χ3n) is 10.4. The number of hydrogen-bond acceptors (Lipinski definition) is 3. The van der Waals surface area contributed by atoms with Gasteiger partial charge < -0.3 is 9.05 Å². The molecule has 1 heterocycles. The standard InChI is InChI=1S/C41H33O4P/c42-46(43)44-37-13-7-12-34-36(32-20-16-30(17-21-32)28-10-5-2-6-11-28)26-41(39(34)37)25-24-35-33(22-23-38(45-46)40(35)41)31-18-14-29(15-19-31)27-8-3-1-4-9-27/h1-6,8-12,14-23,36H,7,13,24-26H2,(H,42,43). The van der Waals surface area contributed by atoms with Crippen molar-refractivity contribution in [3.63, 3.8) is 0 Å². The monoisotopic (exact) mass is 620 g/mol. The maximum Gasteiger partial charge on any atom is 0.584 e. The van der Waals surface area contributed by atoms with Crippen LogP contribution in [0.1, 0.15) is 48.3 Å². The van der Waals surface area contributed by atoms with Crippen molar-refractivity contribution in [2.45, 2.75) is 43.4 Å². The van der Waals surface area contributed by atoms with E-state index in [4.69, 9.17) is 9.05 Å². The van der Waals surface area contributed by atoms with Gasteiger partial charge in [0.15, 0.2) is 0 Å². The molecule has 1 spiro atoms. The summed E-state index contributed by atoms with van der Waals surface area (Å²) in [5.74, 6) is 1.25. The average molecular weight is 621 g/mol. The third-order valence-corrected chi connectivity index (χ3v) is 11.3. The summed E-state index contributed by atoms with van der Waals surface area (Å²) in [4.78, 5) is 11.0. The summed E-state index contributed by atoms with van der Waals surface area (Å²) in [5, 5.41) is 0. The van der Waals surface area contributed by atoms with Crippen molar-refractivity contribution >= 4 is 7.82 Å². The van der Waals surface area contributed by atoms with E-state index in [-0.39, 0.29) is 11.3 Å². The average Bonchev–Trinajstić information content (AvgIpc) is 3.64. The van der Waals surface area contributed by atoms with Crippen LogP contribution in [0.3, 0.4) is 0 Å². The lowest BCUT2D eigenvalue weighted by molar-refractivity contribution is 0.232. The number of rotatable bonds is 4. The molecule has 5 aromatic carbocycles. The Hall–Kier alpha value is -4.63. The summed E-state index contributed by atoms with van der Waals surface area (Å²) in [6, 6.07) is 42.5. The van der Waals surface area contributed by atoms with E-state index in [0.29, 0.717) is 17.9 Å². The molecule has 0 saturated heterocycles. The first-order valence-corrected chi connectivity index (χ1v) is 17.6. The van der Waals surface area contributed by atoms with Crippen LogP contribution < -0.4 is 4.52 Å². The quantitative estimate of drug-likeness (QED) is 0.203. The Balaban J connectivity index is 1.17. The van der Waals surface area contributed by atoms with Gasteiger partial charge in [0.1, 0.15) is 11.5 Å². The summed E-state index contributed by atoms with van der Waals surface area (Å²) in [6.07, 6.45) is 6.37. The summed E-state index contributed by atoms with van der Waals surface area (Å²) in [7, 11) is -4.37. The largest absolute Gasteiger partial charge is 0.584 e. The molecular weight excluding hydrogens is 587 g/mol. The van der Waals surface area contributed by atoms with Gasteiger partial charge in [0.05, 0.1) is 0 Å². The molecule has 1 aliphatic heterocycles. The molecule has 9 rings (SSSR count). The molecule has 5 aromatic rings. The fourth-order valence-corrected chi connectivity index (χ4v) is 9.42. The van der Waals surface area contributed by atoms with Gasteiger partial charge in [-0.1, -0.05) is 121 Å². The van der Waals surface area contributed by atoms with E-state index >= 15 is 0 Å². The smallest absolute Gasteiger partial charge is 0.399 e. The molecule has 5 heteroatoms. The van der Waals surface area contributed by atoms with Gasteiger partial charge in [-0.05, 0) is 81.8 Å². The van der Waals surface area contributed by atoms with Gasteiger partial charge >= 0.3 is 7.82 Å². The van der Waals surface area contributed by atoms with E-state index in [1.807, 2.05) is 24.3 Å². The van der Waals surface area contributed by atoms with E-state index in [9.17, 15) is 9.46 Å². The van der Waals surface area contributed by atoms with Gasteiger partial charge in [-0.2, -0.15) is 0 Å². The van der Waals surface area contributed by atoms with Gasteiger partial charge in [0.25, 0.3) is 0 Å². The zero-order valence-corrected chi connectivity index (χ0v) is 26.3. The molecule has 3 atom stereocenters. The fourth-order valence-electron chi connectivity index (χ4n) is 8.52.